The molecule has 0 heterocycles. The summed E-state index contributed by atoms with van der Waals surface area (Å²) in [7, 11) is 0. The first-order chi connectivity index (χ1) is 7.20. The average molecular weight is 211 g/mol. The molecule has 0 aromatic heterocycles. The summed E-state index contributed by atoms with van der Waals surface area (Å²) >= 11 is 0. The second kappa shape index (κ2) is 4.39. The highest BCUT2D eigenvalue weighted by Crippen LogP contribution is 2.34. The second-order valence-corrected chi connectivity index (χ2v) is 5.04. The van der Waals surface area contributed by atoms with Gasteiger partial charge in [0.2, 0.25) is 0 Å². The summed E-state index contributed by atoms with van der Waals surface area (Å²) in [5.74, 6) is 2.06. The molecule has 2 aliphatic carbocycles. The molecule has 2 fully saturated rings. The molecule has 3 N–H and O–H groups in total. The van der Waals surface area contributed by atoms with Gasteiger partial charge in [0.05, 0.1) is 6.04 Å². The van der Waals surface area contributed by atoms with Crippen LogP contribution in [0.2, 0.25) is 0 Å². The van der Waals surface area contributed by atoms with Gasteiger partial charge < -0.3 is 10.9 Å². The predicted molar refractivity (Wildman–Crippen MR) is 59.9 cm³/mol. The molecule has 0 spiro atoms. The highest BCUT2D eigenvalue weighted by Gasteiger charge is 2.32. The number of hydrogen-bond donors (Lipinski definition) is 2. The van der Waals surface area contributed by atoms with Crippen molar-refractivity contribution in [2.24, 2.45) is 22.7 Å². The van der Waals surface area contributed by atoms with Crippen LogP contribution in [-0.4, -0.2) is 35.1 Å². The fourth-order valence-electron chi connectivity index (χ4n) is 1.93. The Bertz CT molecular complexity index is 232. The van der Waals surface area contributed by atoms with Crippen molar-refractivity contribution in [1.29, 1.82) is 0 Å². The molecular formula is C11H21N3O. The van der Waals surface area contributed by atoms with Gasteiger partial charge in [-0.1, -0.05) is 5.16 Å². The Morgan fingerprint density at radius 2 is 1.80 bits per heavy atom. The lowest BCUT2D eigenvalue weighted by Crippen LogP contribution is -2.44. The van der Waals surface area contributed by atoms with Crippen molar-refractivity contribution >= 4 is 5.84 Å². The van der Waals surface area contributed by atoms with Gasteiger partial charge in [-0.05, 0) is 44.4 Å². The van der Waals surface area contributed by atoms with Crippen LogP contribution in [0, 0.1) is 11.8 Å². The van der Waals surface area contributed by atoms with Crippen LogP contribution in [0.5, 0.6) is 0 Å². The first-order valence-electron chi connectivity index (χ1n) is 5.92. The Morgan fingerprint density at radius 3 is 2.13 bits per heavy atom. The van der Waals surface area contributed by atoms with E-state index in [0.717, 1.165) is 24.9 Å². The maximum Gasteiger partial charge on any atom is 0.156 e. The van der Waals surface area contributed by atoms with Gasteiger partial charge in [0.15, 0.2) is 5.84 Å². The van der Waals surface area contributed by atoms with Gasteiger partial charge in [0.25, 0.3) is 0 Å². The van der Waals surface area contributed by atoms with Crippen molar-refractivity contribution < 1.29 is 5.21 Å². The Morgan fingerprint density at radius 1 is 1.33 bits per heavy atom. The largest absolute Gasteiger partial charge is 0.409 e. The number of oxime groups is 1. The highest BCUT2D eigenvalue weighted by molar-refractivity contribution is 5.84. The fourth-order valence-corrected chi connectivity index (χ4v) is 1.93. The minimum atomic E-state index is 0.0798. The van der Waals surface area contributed by atoms with E-state index < -0.39 is 0 Å². The van der Waals surface area contributed by atoms with Gasteiger partial charge in [0, 0.05) is 13.1 Å². The monoisotopic (exact) mass is 211 g/mol. The Kier molecular flexibility index (Phi) is 3.14. The number of nitrogens with zero attached hydrogens (tertiary/aromatic N) is 2. The molecule has 0 radical (unpaired) electrons. The SMILES string of the molecule is CC(C(N)=NO)N(CC1CC1)CC1CC1. The van der Waals surface area contributed by atoms with E-state index in [1.165, 1.54) is 25.7 Å². The number of hydrogen-bond acceptors (Lipinski definition) is 3. The smallest absolute Gasteiger partial charge is 0.156 e. The lowest BCUT2D eigenvalue weighted by Gasteiger charge is -2.28. The minimum absolute atomic E-state index is 0.0798. The van der Waals surface area contributed by atoms with Crippen molar-refractivity contribution in [3.05, 3.63) is 0 Å². The molecule has 0 bridgehead atoms. The van der Waals surface area contributed by atoms with Gasteiger partial charge in [-0.15, -0.1) is 0 Å². The molecule has 86 valence electrons. The third kappa shape index (κ3) is 3.09. The maximum atomic E-state index is 8.69. The van der Waals surface area contributed by atoms with E-state index >= 15 is 0 Å². The molecule has 2 rings (SSSR count). The summed E-state index contributed by atoms with van der Waals surface area (Å²) in [5, 5.41) is 11.8. The number of rotatable bonds is 6. The summed E-state index contributed by atoms with van der Waals surface area (Å²) in [6, 6.07) is 0.0798. The molecule has 15 heavy (non-hydrogen) atoms. The van der Waals surface area contributed by atoms with Gasteiger partial charge in [-0.2, -0.15) is 0 Å². The van der Waals surface area contributed by atoms with E-state index in [0.29, 0.717) is 5.84 Å². The topological polar surface area (TPSA) is 61.9 Å². The first kappa shape index (κ1) is 10.7. The van der Waals surface area contributed by atoms with Gasteiger partial charge in [0.1, 0.15) is 0 Å². The molecule has 0 aromatic carbocycles. The third-order valence-electron chi connectivity index (χ3n) is 3.47. The van der Waals surface area contributed by atoms with Crippen LogP contribution in [0.4, 0.5) is 0 Å². The molecule has 1 unspecified atom stereocenters. The lowest BCUT2D eigenvalue weighted by atomic mass is 10.2. The Hall–Kier alpha value is -0.770. The zero-order valence-corrected chi connectivity index (χ0v) is 9.39. The number of amidine groups is 1. The first-order valence-corrected chi connectivity index (χ1v) is 5.92. The molecule has 0 amide bonds. The van der Waals surface area contributed by atoms with Crippen molar-refractivity contribution in [3.8, 4) is 0 Å². The maximum absolute atomic E-state index is 8.69. The molecule has 0 aromatic rings. The molecule has 2 saturated carbocycles. The summed E-state index contributed by atoms with van der Waals surface area (Å²) in [6.07, 6.45) is 5.40. The van der Waals surface area contributed by atoms with E-state index in [-0.39, 0.29) is 6.04 Å². The van der Waals surface area contributed by atoms with Gasteiger partial charge >= 0.3 is 0 Å². The molecule has 4 nitrogen and oxygen atoms in total. The van der Waals surface area contributed by atoms with Crippen LogP contribution in [0.25, 0.3) is 0 Å². The molecule has 4 heteroatoms. The molecule has 0 aliphatic heterocycles. The third-order valence-corrected chi connectivity index (χ3v) is 3.47. The van der Waals surface area contributed by atoms with Crippen molar-refractivity contribution in [2.45, 2.75) is 38.6 Å². The molecule has 1 atom stereocenters. The normalized spacial score (nSPS) is 24.5. The van der Waals surface area contributed by atoms with Crippen LogP contribution in [-0.2, 0) is 0 Å². The van der Waals surface area contributed by atoms with Crippen LogP contribution in [0.1, 0.15) is 32.6 Å². The lowest BCUT2D eigenvalue weighted by molar-refractivity contribution is 0.225. The van der Waals surface area contributed by atoms with Crippen LogP contribution >= 0.6 is 0 Å². The zero-order chi connectivity index (χ0) is 10.8. The summed E-state index contributed by atoms with van der Waals surface area (Å²) in [5.41, 5.74) is 5.67. The van der Waals surface area contributed by atoms with E-state index in [1.807, 2.05) is 6.92 Å². The highest BCUT2D eigenvalue weighted by atomic mass is 16.4. The van der Waals surface area contributed by atoms with Crippen molar-refractivity contribution in [2.75, 3.05) is 13.1 Å². The standard InChI is InChI=1S/C11H21N3O/c1-8(11(12)13-15)14(6-9-2-3-9)7-10-4-5-10/h8-10,15H,2-7H2,1H3,(H2,12,13). The summed E-state index contributed by atoms with van der Waals surface area (Å²) in [4.78, 5) is 2.38. The van der Waals surface area contributed by atoms with Gasteiger partial charge in [-0.3, -0.25) is 4.90 Å². The average Bonchev–Trinajstić information content (AvgIpc) is 3.08. The quantitative estimate of drug-likeness (QED) is 0.301. The zero-order valence-electron chi connectivity index (χ0n) is 9.39. The van der Waals surface area contributed by atoms with E-state index in [1.54, 1.807) is 0 Å². The second-order valence-electron chi connectivity index (χ2n) is 5.04. The molecule has 2 aliphatic rings. The summed E-state index contributed by atoms with van der Waals surface area (Å²) in [6.45, 7) is 4.27. The van der Waals surface area contributed by atoms with E-state index in [2.05, 4.69) is 10.1 Å². The molecule has 0 saturated heterocycles. The van der Waals surface area contributed by atoms with Crippen molar-refractivity contribution in [3.63, 3.8) is 0 Å². The van der Waals surface area contributed by atoms with Crippen LogP contribution in [0.15, 0.2) is 5.16 Å². The Balaban J connectivity index is 1.88. The molecular weight excluding hydrogens is 190 g/mol. The van der Waals surface area contributed by atoms with Crippen LogP contribution < -0.4 is 5.73 Å². The number of nitrogens with two attached hydrogens (primary N) is 1. The predicted octanol–water partition coefficient (Wildman–Crippen LogP) is 1.24. The van der Waals surface area contributed by atoms with Crippen LogP contribution in [0.3, 0.4) is 0 Å². The van der Waals surface area contributed by atoms with Gasteiger partial charge in [-0.25, -0.2) is 0 Å². The summed E-state index contributed by atoms with van der Waals surface area (Å²) < 4.78 is 0. The van der Waals surface area contributed by atoms with E-state index in [4.69, 9.17) is 10.9 Å². The minimum Gasteiger partial charge on any atom is -0.409 e. The fraction of sp³-hybridized carbons (Fsp3) is 0.909. The van der Waals surface area contributed by atoms with E-state index in [9.17, 15) is 0 Å². The van der Waals surface area contributed by atoms with Crippen molar-refractivity contribution in [1.82, 2.24) is 4.90 Å². The Labute approximate surface area is 91.1 Å².